The van der Waals surface area contributed by atoms with Gasteiger partial charge in [-0.15, -0.1) is 11.3 Å². The van der Waals surface area contributed by atoms with Crippen LogP contribution in [0.2, 0.25) is 0 Å². The molecule has 2 N–H and O–H groups in total. The van der Waals surface area contributed by atoms with E-state index in [1.165, 1.54) is 17.5 Å². The van der Waals surface area contributed by atoms with Crippen molar-refractivity contribution in [3.8, 4) is 6.07 Å². The molecule has 1 aromatic carbocycles. The number of aromatic nitrogens is 3. The van der Waals surface area contributed by atoms with Crippen molar-refractivity contribution < 1.29 is 18.0 Å². The number of nitrogens with one attached hydrogen (secondary N) is 2. The second-order valence-electron chi connectivity index (χ2n) is 14.2. The number of alkyl halides is 3. The van der Waals surface area contributed by atoms with Crippen LogP contribution in [0.15, 0.2) is 30.6 Å². The topological polar surface area (TPSA) is 98.9 Å². The first-order chi connectivity index (χ1) is 22.0. The van der Waals surface area contributed by atoms with Crippen molar-refractivity contribution in [1.29, 1.82) is 5.26 Å². The van der Waals surface area contributed by atoms with Gasteiger partial charge in [-0.2, -0.15) is 18.4 Å². The number of likely N-dealkylation sites (tertiary alicyclic amines) is 1. The molecule has 5 fully saturated rings. The van der Waals surface area contributed by atoms with Gasteiger partial charge in [-0.3, -0.25) is 9.69 Å². The zero-order valence-corrected chi connectivity index (χ0v) is 26.5. The van der Waals surface area contributed by atoms with Crippen molar-refractivity contribution in [3.63, 3.8) is 0 Å². The minimum Gasteiger partial charge on any atom is -0.367 e. The van der Waals surface area contributed by atoms with Crippen LogP contribution in [0.1, 0.15) is 66.6 Å². The van der Waals surface area contributed by atoms with Crippen LogP contribution in [-0.4, -0.2) is 56.2 Å². The molecule has 1 amide bonds. The van der Waals surface area contributed by atoms with E-state index in [0.717, 1.165) is 93.4 Å². The van der Waals surface area contributed by atoms with E-state index in [0.29, 0.717) is 21.7 Å². The van der Waals surface area contributed by atoms with Crippen molar-refractivity contribution >= 4 is 44.2 Å². The molecule has 9 rings (SSSR count). The highest BCUT2D eigenvalue weighted by atomic mass is 32.1. The third-order valence-corrected chi connectivity index (χ3v) is 11.7. The number of halogens is 3. The van der Waals surface area contributed by atoms with Gasteiger partial charge in [0.15, 0.2) is 0 Å². The molecule has 5 aliphatic rings. The summed E-state index contributed by atoms with van der Waals surface area (Å²) in [6.45, 7) is 5.55. The monoisotopic (exact) mass is 647 g/mol. The van der Waals surface area contributed by atoms with Gasteiger partial charge in [0, 0.05) is 59.5 Å². The van der Waals surface area contributed by atoms with Gasteiger partial charge >= 0.3 is 6.18 Å². The smallest absolute Gasteiger partial charge is 0.367 e. The number of amides is 1. The van der Waals surface area contributed by atoms with E-state index in [-0.39, 0.29) is 33.7 Å². The molecule has 8 nitrogen and oxygen atoms in total. The zero-order chi connectivity index (χ0) is 31.8. The van der Waals surface area contributed by atoms with Crippen molar-refractivity contribution in [2.75, 3.05) is 18.4 Å². The normalized spacial score (nSPS) is 24.8. The van der Waals surface area contributed by atoms with Gasteiger partial charge in [0.25, 0.3) is 0 Å². The lowest BCUT2D eigenvalue weighted by molar-refractivity contribution is -0.172. The largest absolute Gasteiger partial charge is 0.393 e. The van der Waals surface area contributed by atoms with E-state index >= 15 is 0 Å². The minimum absolute atomic E-state index is 0.00736. The summed E-state index contributed by atoms with van der Waals surface area (Å²) in [4.78, 5) is 24.1. The molecule has 12 heteroatoms. The van der Waals surface area contributed by atoms with Crippen LogP contribution in [0.3, 0.4) is 0 Å². The molecule has 4 aliphatic carbocycles. The molecule has 4 saturated carbocycles. The third kappa shape index (κ3) is 5.41. The lowest BCUT2D eigenvalue weighted by Gasteiger charge is -2.71. The second-order valence-corrected chi connectivity index (χ2v) is 15.3. The molecule has 0 radical (unpaired) electrons. The zero-order valence-electron chi connectivity index (χ0n) is 25.7. The van der Waals surface area contributed by atoms with Crippen molar-refractivity contribution in [2.24, 2.45) is 11.3 Å². The summed E-state index contributed by atoms with van der Waals surface area (Å²) >= 11 is 1.07. The Bertz CT molecular complexity index is 1870. The molecular formula is C34H36F3N7OS. The van der Waals surface area contributed by atoms with Crippen LogP contribution < -0.4 is 10.6 Å². The highest BCUT2D eigenvalue weighted by Crippen LogP contribution is 2.68. The lowest BCUT2D eigenvalue weighted by atomic mass is 9.39. The number of hydrogen-bond donors (Lipinski definition) is 2. The molecule has 1 aliphatic heterocycles. The van der Waals surface area contributed by atoms with Gasteiger partial charge in [-0.05, 0) is 86.6 Å². The maximum Gasteiger partial charge on any atom is 0.393 e. The standard InChI is InChI=1S/C34H36F3N7OS/c1-20-22(14-43-8-6-23(7-9-43)41-29-27-11-25(12-34(35,36)37)46-31(27)40-19-39-29)4-5-28-26(20)10-24(13-38)44(28)18-32-15-33(16-32,17-32)42-30(45)21-2-3-21/h4-5,10-11,19,21,23H,2-3,6-9,12,14-18H2,1H3,(H,42,45)(H,39,40,41). The Kier molecular flexibility index (Phi) is 6.89. The molecular weight excluding hydrogens is 611 g/mol. The number of piperidine rings is 1. The number of rotatable bonds is 9. The fourth-order valence-corrected chi connectivity index (χ4v) is 9.30. The maximum atomic E-state index is 12.9. The SMILES string of the molecule is Cc1c(CN2CCC(Nc3ncnc4sc(CC(F)(F)F)cc34)CC2)ccc2c1cc(C#N)n2CC12CC(NC(=O)C3CC3)(C1)C2. The van der Waals surface area contributed by atoms with Crippen LogP contribution in [0.5, 0.6) is 0 Å². The van der Waals surface area contributed by atoms with E-state index in [9.17, 15) is 23.2 Å². The van der Waals surface area contributed by atoms with E-state index in [1.54, 1.807) is 6.07 Å². The van der Waals surface area contributed by atoms with Crippen molar-refractivity contribution in [3.05, 3.63) is 52.3 Å². The average Bonchev–Trinajstić information content (AvgIpc) is 3.66. The van der Waals surface area contributed by atoms with E-state index in [1.807, 2.05) is 6.07 Å². The van der Waals surface area contributed by atoms with Gasteiger partial charge in [-0.1, -0.05) is 6.07 Å². The van der Waals surface area contributed by atoms with E-state index < -0.39 is 12.6 Å². The van der Waals surface area contributed by atoms with Gasteiger partial charge < -0.3 is 15.2 Å². The molecule has 2 bridgehead atoms. The molecule has 4 heterocycles. The maximum absolute atomic E-state index is 12.9. The first-order valence-electron chi connectivity index (χ1n) is 16.1. The van der Waals surface area contributed by atoms with Gasteiger partial charge in [0.2, 0.25) is 5.91 Å². The van der Waals surface area contributed by atoms with Crippen LogP contribution in [-0.2, 0) is 24.3 Å². The Morgan fingerprint density at radius 2 is 1.87 bits per heavy atom. The van der Waals surface area contributed by atoms with E-state index in [4.69, 9.17) is 0 Å². The Morgan fingerprint density at radius 3 is 2.57 bits per heavy atom. The lowest BCUT2D eigenvalue weighted by Crippen LogP contribution is -2.75. The van der Waals surface area contributed by atoms with Crippen LogP contribution >= 0.6 is 11.3 Å². The Hall–Kier alpha value is -3.69. The van der Waals surface area contributed by atoms with Crippen LogP contribution in [0.4, 0.5) is 19.0 Å². The van der Waals surface area contributed by atoms with Gasteiger partial charge in [-0.25, -0.2) is 9.97 Å². The van der Waals surface area contributed by atoms with Crippen molar-refractivity contribution in [2.45, 2.75) is 89.1 Å². The number of carbonyl (C=O) groups is 1. The first kappa shape index (κ1) is 29.7. The first-order valence-corrected chi connectivity index (χ1v) is 17.0. The summed E-state index contributed by atoms with van der Waals surface area (Å²) in [6.07, 6.45) is 3.03. The quantitative estimate of drug-likeness (QED) is 0.217. The second kappa shape index (κ2) is 10.7. The summed E-state index contributed by atoms with van der Waals surface area (Å²) in [6, 6.07) is 10.6. The molecule has 4 aromatic rings. The summed E-state index contributed by atoms with van der Waals surface area (Å²) in [5, 5.41) is 18.6. The molecule has 0 atom stereocenters. The minimum atomic E-state index is -4.25. The number of aryl methyl sites for hydroxylation is 1. The highest BCUT2D eigenvalue weighted by molar-refractivity contribution is 7.18. The van der Waals surface area contributed by atoms with Crippen LogP contribution in [0.25, 0.3) is 21.1 Å². The summed E-state index contributed by atoms with van der Waals surface area (Å²) in [5.41, 5.74) is 4.41. The Labute approximate surface area is 269 Å². The summed E-state index contributed by atoms with van der Waals surface area (Å²) in [7, 11) is 0. The molecule has 240 valence electrons. The number of carbonyl (C=O) groups excluding carboxylic acids is 1. The number of thiophene rings is 1. The van der Waals surface area contributed by atoms with Crippen LogP contribution in [0, 0.1) is 29.6 Å². The third-order valence-electron chi connectivity index (χ3n) is 10.6. The van der Waals surface area contributed by atoms with Gasteiger partial charge in [0.05, 0.1) is 11.8 Å². The summed E-state index contributed by atoms with van der Waals surface area (Å²) < 4.78 is 41.0. The average molecular weight is 648 g/mol. The number of hydrogen-bond acceptors (Lipinski definition) is 7. The molecule has 3 aromatic heterocycles. The molecule has 0 unspecified atom stereocenters. The number of benzene rings is 1. The molecule has 46 heavy (non-hydrogen) atoms. The van der Waals surface area contributed by atoms with E-state index in [2.05, 4.69) is 55.2 Å². The fourth-order valence-electron chi connectivity index (χ4n) is 8.27. The number of nitriles is 1. The highest BCUT2D eigenvalue weighted by Gasteiger charge is 2.68. The predicted molar refractivity (Wildman–Crippen MR) is 170 cm³/mol. The molecule has 0 spiro atoms. The number of fused-ring (bicyclic) bond motifs is 2. The Balaban J connectivity index is 0.902. The summed E-state index contributed by atoms with van der Waals surface area (Å²) in [5.74, 6) is 1.06. The van der Waals surface area contributed by atoms with Crippen molar-refractivity contribution in [1.82, 2.24) is 24.8 Å². The molecule has 1 saturated heterocycles. The van der Waals surface area contributed by atoms with Gasteiger partial charge in [0.1, 0.15) is 28.7 Å². The number of nitrogens with zero attached hydrogens (tertiary/aromatic N) is 5. The Morgan fingerprint density at radius 1 is 1.11 bits per heavy atom. The predicted octanol–water partition coefficient (Wildman–Crippen LogP) is 6.46. The fraction of sp³-hybridized carbons (Fsp3) is 0.529. The number of anilines is 1.